The number of imidazole rings is 1. The molecule has 3 amide bonds. The van der Waals surface area contributed by atoms with Crippen LogP contribution in [-0.4, -0.2) is 70.0 Å². The summed E-state index contributed by atoms with van der Waals surface area (Å²) in [6.45, 7) is 3.63. The van der Waals surface area contributed by atoms with Gasteiger partial charge in [0.15, 0.2) is 0 Å². The zero-order valence-electron chi connectivity index (χ0n) is 17.9. The third kappa shape index (κ3) is 9.57. The van der Waals surface area contributed by atoms with E-state index in [4.69, 9.17) is 11.5 Å². The summed E-state index contributed by atoms with van der Waals surface area (Å²) in [5.41, 5.74) is 11.8. The highest BCUT2D eigenvalue weighted by atomic mass is 16.4. The van der Waals surface area contributed by atoms with Crippen LogP contribution in [0.4, 0.5) is 0 Å². The monoisotopic (exact) mass is 439 g/mol. The summed E-state index contributed by atoms with van der Waals surface area (Å²) >= 11 is 0. The van der Waals surface area contributed by atoms with Gasteiger partial charge in [0.25, 0.3) is 0 Å². The number of aromatic nitrogens is 2. The number of carboxylic acid groups (broad SMARTS) is 1. The molecule has 3 atom stereocenters. The van der Waals surface area contributed by atoms with Crippen LogP contribution in [0.5, 0.6) is 0 Å². The molecule has 1 aromatic heterocycles. The van der Waals surface area contributed by atoms with E-state index in [1.54, 1.807) is 13.8 Å². The number of hydrogen-bond acceptors (Lipinski definition) is 7. The van der Waals surface area contributed by atoms with Gasteiger partial charge < -0.3 is 37.5 Å². The van der Waals surface area contributed by atoms with Crippen molar-refractivity contribution in [3.8, 4) is 0 Å². The molecule has 0 saturated heterocycles. The van der Waals surface area contributed by atoms with Crippen LogP contribution in [0.3, 0.4) is 0 Å². The van der Waals surface area contributed by atoms with Crippen molar-refractivity contribution < 1.29 is 24.3 Å². The molecule has 174 valence electrons. The number of carbonyl (C=O) groups excluding carboxylic acids is 3. The zero-order chi connectivity index (χ0) is 23.4. The highest BCUT2D eigenvalue weighted by Crippen LogP contribution is 2.04. The van der Waals surface area contributed by atoms with Crippen molar-refractivity contribution in [2.45, 2.75) is 57.7 Å². The number of nitrogens with one attached hydrogen (secondary N) is 4. The summed E-state index contributed by atoms with van der Waals surface area (Å²) in [6, 6.07) is -2.93. The van der Waals surface area contributed by atoms with Gasteiger partial charge in [0.05, 0.1) is 18.9 Å². The van der Waals surface area contributed by atoms with Crippen molar-refractivity contribution in [1.29, 1.82) is 0 Å². The van der Waals surface area contributed by atoms with Crippen LogP contribution >= 0.6 is 0 Å². The number of rotatable bonds is 14. The smallest absolute Gasteiger partial charge is 0.326 e. The van der Waals surface area contributed by atoms with E-state index in [1.165, 1.54) is 12.5 Å². The van der Waals surface area contributed by atoms with E-state index < -0.39 is 41.8 Å². The molecule has 9 N–H and O–H groups in total. The van der Waals surface area contributed by atoms with Gasteiger partial charge >= 0.3 is 5.97 Å². The van der Waals surface area contributed by atoms with E-state index in [2.05, 4.69) is 25.9 Å². The topological polar surface area (TPSA) is 205 Å². The Morgan fingerprint density at radius 3 is 2.39 bits per heavy atom. The zero-order valence-corrected chi connectivity index (χ0v) is 17.9. The second-order valence-electron chi connectivity index (χ2n) is 7.57. The molecule has 12 nitrogen and oxygen atoms in total. The van der Waals surface area contributed by atoms with Crippen LogP contribution in [0.15, 0.2) is 12.5 Å². The largest absolute Gasteiger partial charge is 0.480 e. The van der Waals surface area contributed by atoms with Crippen LogP contribution in [0.25, 0.3) is 0 Å². The highest BCUT2D eigenvalue weighted by molar-refractivity contribution is 5.92. The van der Waals surface area contributed by atoms with Crippen molar-refractivity contribution in [2.75, 3.05) is 13.1 Å². The average molecular weight is 440 g/mol. The first-order valence-corrected chi connectivity index (χ1v) is 10.2. The minimum absolute atomic E-state index is 0.00763. The fourth-order valence-electron chi connectivity index (χ4n) is 2.68. The number of carbonyl (C=O) groups is 4. The number of nitrogens with zero attached hydrogens (tertiary/aromatic N) is 1. The maximum atomic E-state index is 12.7. The lowest BCUT2D eigenvalue weighted by atomic mass is 10.1. The Kier molecular flexibility index (Phi) is 11.2. The molecule has 31 heavy (non-hydrogen) atoms. The minimum Gasteiger partial charge on any atom is -0.480 e. The van der Waals surface area contributed by atoms with Gasteiger partial charge in [-0.1, -0.05) is 13.8 Å². The lowest BCUT2D eigenvalue weighted by molar-refractivity contribution is -0.142. The molecule has 1 aromatic rings. The molecule has 0 saturated carbocycles. The molecule has 0 spiro atoms. The molecule has 0 aliphatic heterocycles. The average Bonchev–Trinajstić information content (AvgIpc) is 3.23. The van der Waals surface area contributed by atoms with E-state index >= 15 is 0 Å². The second-order valence-corrected chi connectivity index (χ2v) is 7.57. The summed E-state index contributed by atoms with van der Waals surface area (Å²) < 4.78 is 0. The van der Waals surface area contributed by atoms with Gasteiger partial charge in [0.2, 0.25) is 17.7 Å². The van der Waals surface area contributed by atoms with Gasteiger partial charge in [-0.3, -0.25) is 14.4 Å². The summed E-state index contributed by atoms with van der Waals surface area (Å²) in [4.78, 5) is 55.0. The second kappa shape index (κ2) is 13.3. The number of aliphatic carboxylic acids is 1. The Morgan fingerprint density at radius 2 is 1.84 bits per heavy atom. The summed E-state index contributed by atoms with van der Waals surface area (Å²) in [7, 11) is 0. The molecular weight excluding hydrogens is 406 g/mol. The molecule has 0 radical (unpaired) electrons. The van der Waals surface area contributed by atoms with Gasteiger partial charge in [0, 0.05) is 18.3 Å². The first-order chi connectivity index (χ1) is 14.6. The van der Waals surface area contributed by atoms with Crippen LogP contribution in [-0.2, 0) is 25.6 Å². The van der Waals surface area contributed by atoms with Crippen molar-refractivity contribution in [1.82, 2.24) is 25.9 Å². The highest BCUT2D eigenvalue weighted by Gasteiger charge is 2.27. The molecule has 0 aliphatic carbocycles. The summed E-state index contributed by atoms with van der Waals surface area (Å²) in [6.07, 6.45) is 4.34. The normalized spacial score (nSPS) is 13.8. The van der Waals surface area contributed by atoms with Crippen molar-refractivity contribution in [3.05, 3.63) is 18.2 Å². The molecule has 0 aliphatic rings. The Morgan fingerprint density at radius 1 is 1.13 bits per heavy atom. The number of hydrogen-bond donors (Lipinski definition) is 7. The predicted molar refractivity (Wildman–Crippen MR) is 113 cm³/mol. The van der Waals surface area contributed by atoms with Crippen molar-refractivity contribution >= 4 is 23.7 Å². The lowest BCUT2D eigenvalue weighted by Crippen LogP contribution is -2.54. The molecule has 3 unspecified atom stereocenters. The predicted octanol–water partition coefficient (Wildman–Crippen LogP) is -1.77. The fraction of sp³-hybridized carbons (Fsp3) is 0.632. The van der Waals surface area contributed by atoms with E-state index in [9.17, 15) is 24.3 Å². The molecule has 0 bridgehead atoms. The SMILES string of the molecule is CC(C)C(N)C(=O)NCC(=O)NC(CCCCN)C(=O)NC(Cc1cnc[nH]1)C(=O)O. The summed E-state index contributed by atoms with van der Waals surface area (Å²) in [5.74, 6) is -3.01. The minimum atomic E-state index is -1.22. The quantitative estimate of drug-likeness (QED) is 0.165. The Hall–Kier alpha value is -2.99. The summed E-state index contributed by atoms with van der Waals surface area (Å²) in [5, 5.41) is 16.8. The number of carboxylic acids is 1. The van der Waals surface area contributed by atoms with E-state index in [1.807, 2.05) is 0 Å². The Balaban J connectivity index is 2.72. The maximum Gasteiger partial charge on any atom is 0.326 e. The van der Waals surface area contributed by atoms with Gasteiger partial charge in [-0.15, -0.1) is 0 Å². The van der Waals surface area contributed by atoms with E-state index in [-0.39, 0.29) is 25.3 Å². The van der Waals surface area contributed by atoms with Gasteiger partial charge in [-0.05, 0) is 31.7 Å². The first kappa shape index (κ1) is 26.0. The van der Waals surface area contributed by atoms with Crippen molar-refractivity contribution in [2.24, 2.45) is 17.4 Å². The number of nitrogens with two attached hydrogens (primary N) is 2. The van der Waals surface area contributed by atoms with Crippen LogP contribution in [0.2, 0.25) is 0 Å². The number of H-pyrrole nitrogens is 1. The van der Waals surface area contributed by atoms with Gasteiger partial charge in [-0.2, -0.15) is 0 Å². The molecule has 0 aromatic carbocycles. The van der Waals surface area contributed by atoms with Crippen LogP contribution < -0.4 is 27.4 Å². The molecule has 1 rings (SSSR count). The van der Waals surface area contributed by atoms with Gasteiger partial charge in [0.1, 0.15) is 12.1 Å². The maximum absolute atomic E-state index is 12.7. The van der Waals surface area contributed by atoms with Crippen LogP contribution in [0.1, 0.15) is 38.8 Å². The fourth-order valence-corrected chi connectivity index (χ4v) is 2.68. The third-order valence-electron chi connectivity index (χ3n) is 4.64. The third-order valence-corrected chi connectivity index (χ3v) is 4.64. The lowest BCUT2D eigenvalue weighted by Gasteiger charge is -2.22. The molecule has 0 fully saturated rings. The Bertz CT molecular complexity index is 723. The number of unbranched alkanes of at least 4 members (excludes halogenated alkanes) is 1. The van der Waals surface area contributed by atoms with Crippen molar-refractivity contribution in [3.63, 3.8) is 0 Å². The van der Waals surface area contributed by atoms with E-state index in [0.717, 1.165) is 0 Å². The number of aromatic amines is 1. The number of amides is 3. The molecule has 12 heteroatoms. The standard InChI is InChI=1S/C19H33N7O5/c1-11(2)16(21)18(29)23-9-15(27)25-13(5-3-4-6-20)17(28)26-14(19(30)31)7-12-8-22-10-24-12/h8,10-11,13-14,16H,3-7,9,20-21H2,1-2H3,(H,22,24)(H,23,29)(H,25,27)(H,26,28)(H,30,31). The van der Waals surface area contributed by atoms with Crippen LogP contribution in [0, 0.1) is 5.92 Å². The molecule has 1 heterocycles. The van der Waals surface area contributed by atoms with Gasteiger partial charge in [-0.25, -0.2) is 9.78 Å². The first-order valence-electron chi connectivity index (χ1n) is 10.2. The molecular formula is C19H33N7O5. The Labute approximate surface area is 180 Å². The van der Waals surface area contributed by atoms with E-state index in [0.29, 0.717) is 25.1 Å².